The first kappa shape index (κ1) is 20.7. The van der Waals surface area contributed by atoms with Gasteiger partial charge in [0.25, 0.3) is 0 Å². The van der Waals surface area contributed by atoms with Crippen LogP contribution in [-0.4, -0.2) is 9.13 Å². The van der Waals surface area contributed by atoms with Crippen molar-refractivity contribution in [3.8, 4) is 11.4 Å². The molecule has 5 aromatic carbocycles. The molecule has 0 bridgehead atoms. The van der Waals surface area contributed by atoms with Gasteiger partial charge in [-0.3, -0.25) is 0 Å². The van der Waals surface area contributed by atoms with Crippen molar-refractivity contribution >= 4 is 43.6 Å². The van der Waals surface area contributed by atoms with Crippen LogP contribution in [0.2, 0.25) is 0 Å². The first-order chi connectivity index (χ1) is 18.4. The van der Waals surface area contributed by atoms with Crippen LogP contribution in [0.5, 0.6) is 0 Å². The fraction of sp³-hybridized carbons (Fsp3) is 0.167. The minimum Gasteiger partial charge on any atom is -0.309 e. The van der Waals surface area contributed by atoms with Gasteiger partial charge >= 0.3 is 0 Å². The molecule has 0 saturated carbocycles. The summed E-state index contributed by atoms with van der Waals surface area (Å²) in [6.07, 6.45) is 0. The molecule has 2 aromatic heterocycles. The Kier molecular flexibility index (Phi) is 3.49. The lowest BCUT2D eigenvalue weighted by Gasteiger charge is -2.39. The smallest absolute Gasteiger partial charge is 0.0592 e. The Morgan fingerprint density at radius 1 is 0.447 bits per heavy atom. The highest BCUT2D eigenvalue weighted by molar-refractivity contribution is 6.25. The third kappa shape index (κ3) is 2.09. The minimum atomic E-state index is -0.159. The van der Waals surface area contributed by atoms with E-state index in [1.807, 2.05) is 0 Å². The Morgan fingerprint density at radius 3 is 1.26 bits per heavy atom. The first-order valence-corrected chi connectivity index (χ1v) is 13.7. The van der Waals surface area contributed by atoms with Gasteiger partial charge in [0.15, 0.2) is 0 Å². The lowest BCUT2D eigenvalue weighted by atomic mass is 9.68. The fourth-order valence-corrected chi connectivity index (χ4v) is 8.08. The van der Waals surface area contributed by atoms with Crippen LogP contribution in [0, 0.1) is 0 Å². The summed E-state index contributed by atoms with van der Waals surface area (Å²) in [6.45, 7) is 9.71. The molecule has 0 N–H and O–H groups in total. The van der Waals surface area contributed by atoms with Crippen LogP contribution in [0.1, 0.15) is 49.9 Å². The molecule has 2 heteroatoms. The second-order valence-corrected chi connectivity index (χ2v) is 12.2. The second kappa shape index (κ2) is 6.39. The Morgan fingerprint density at radius 2 is 0.816 bits per heavy atom. The summed E-state index contributed by atoms with van der Waals surface area (Å²) in [6, 6.07) is 36.2. The maximum absolute atomic E-state index is 2.57. The average Bonchev–Trinajstić information content (AvgIpc) is 3.44. The van der Waals surface area contributed by atoms with Crippen molar-refractivity contribution in [1.29, 1.82) is 0 Å². The van der Waals surface area contributed by atoms with Gasteiger partial charge in [-0.15, -0.1) is 0 Å². The molecule has 0 saturated heterocycles. The van der Waals surface area contributed by atoms with Gasteiger partial charge in [0.05, 0.1) is 33.4 Å². The number of benzene rings is 5. The van der Waals surface area contributed by atoms with Crippen molar-refractivity contribution in [2.24, 2.45) is 0 Å². The Balaban J connectivity index is 1.72. The summed E-state index contributed by atoms with van der Waals surface area (Å²) in [5, 5.41) is 5.51. The summed E-state index contributed by atoms with van der Waals surface area (Å²) in [5.41, 5.74) is 13.3. The van der Waals surface area contributed by atoms with E-state index in [0.717, 1.165) is 0 Å². The van der Waals surface area contributed by atoms with Crippen LogP contribution < -0.4 is 0 Å². The van der Waals surface area contributed by atoms with Crippen LogP contribution >= 0.6 is 0 Å². The topological polar surface area (TPSA) is 9.86 Å². The lowest BCUT2D eigenvalue weighted by Crippen LogP contribution is -2.30. The highest BCUT2D eigenvalue weighted by Gasteiger charge is 2.44. The number of fused-ring (bicyclic) bond motifs is 12. The van der Waals surface area contributed by atoms with Crippen molar-refractivity contribution in [2.75, 3.05) is 0 Å². The van der Waals surface area contributed by atoms with E-state index in [1.54, 1.807) is 0 Å². The molecular weight excluding hydrogens is 460 g/mol. The van der Waals surface area contributed by atoms with Crippen molar-refractivity contribution in [1.82, 2.24) is 9.13 Å². The Labute approximate surface area is 221 Å². The largest absolute Gasteiger partial charge is 0.309 e. The van der Waals surface area contributed by atoms with Crippen molar-refractivity contribution < 1.29 is 0 Å². The average molecular weight is 489 g/mol. The molecular formula is C36H28N2. The molecule has 0 spiro atoms. The number of rotatable bonds is 0. The zero-order valence-electron chi connectivity index (χ0n) is 22.1. The normalized spacial score (nSPS) is 16.3. The van der Waals surface area contributed by atoms with Crippen LogP contribution in [0.4, 0.5) is 0 Å². The zero-order valence-corrected chi connectivity index (χ0v) is 22.1. The maximum Gasteiger partial charge on any atom is 0.0592 e. The van der Waals surface area contributed by atoms with Crippen LogP contribution in [0.3, 0.4) is 0 Å². The number of hydrogen-bond donors (Lipinski definition) is 0. The lowest BCUT2D eigenvalue weighted by molar-refractivity contribution is 0.626. The predicted octanol–water partition coefficient (Wildman–Crippen LogP) is 9.16. The van der Waals surface area contributed by atoms with Gasteiger partial charge < -0.3 is 9.13 Å². The van der Waals surface area contributed by atoms with Crippen molar-refractivity contribution in [3.63, 3.8) is 0 Å². The summed E-state index contributed by atoms with van der Waals surface area (Å²) >= 11 is 0. The monoisotopic (exact) mass is 488 g/mol. The van der Waals surface area contributed by atoms with E-state index in [2.05, 4.69) is 134 Å². The minimum absolute atomic E-state index is 0.159. The maximum atomic E-state index is 2.57. The first-order valence-electron chi connectivity index (χ1n) is 13.7. The Hall–Kier alpha value is -4.30. The molecule has 0 radical (unpaired) electrons. The predicted molar refractivity (Wildman–Crippen MR) is 159 cm³/mol. The highest BCUT2D eigenvalue weighted by atomic mass is 15.0. The molecule has 2 aliphatic heterocycles. The third-order valence-electron chi connectivity index (χ3n) is 9.61. The van der Waals surface area contributed by atoms with Gasteiger partial charge in [-0.2, -0.15) is 0 Å². The van der Waals surface area contributed by atoms with Gasteiger partial charge in [0.2, 0.25) is 0 Å². The van der Waals surface area contributed by atoms with E-state index in [9.17, 15) is 0 Å². The van der Waals surface area contributed by atoms with E-state index >= 15 is 0 Å². The zero-order chi connectivity index (χ0) is 25.6. The molecule has 4 heterocycles. The standard InChI is InChI=1S/C36H28N2/c1-35(2)23-15-7-11-19-27(23)37-26-18-10-6-14-22(26)30-32-34-29(31(35)33(30)37)21-13-5-9-17-25(21)38(34)28-20-12-8-16-24(28)36(32,3)4/h5-20H,1-4H3. The van der Waals surface area contributed by atoms with Gasteiger partial charge in [-0.05, 0) is 46.5 Å². The number of nitrogens with zero attached hydrogens (tertiary/aromatic N) is 2. The molecule has 7 aromatic rings. The molecule has 0 amide bonds. The van der Waals surface area contributed by atoms with Crippen molar-refractivity contribution in [3.05, 3.63) is 119 Å². The molecule has 0 unspecified atom stereocenters. The third-order valence-corrected chi connectivity index (χ3v) is 9.61. The fourth-order valence-electron chi connectivity index (χ4n) is 8.08. The van der Waals surface area contributed by atoms with Crippen LogP contribution in [0.25, 0.3) is 55.0 Å². The molecule has 2 nitrogen and oxygen atoms in total. The molecule has 182 valence electrons. The number of para-hydroxylation sites is 4. The summed E-state index contributed by atoms with van der Waals surface area (Å²) in [5.74, 6) is 0. The summed E-state index contributed by atoms with van der Waals surface area (Å²) < 4.78 is 5.14. The highest BCUT2D eigenvalue weighted by Crippen LogP contribution is 2.58. The van der Waals surface area contributed by atoms with E-state index in [-0.39, 0.29) is 10.8 Å². The van der Waals surface area contributed by atoms with Crippen LogP contribution in [0.15, 0.2) is 97.1 Å². The molecule has 0 atom stereocenters. The van der Waals surface area contributed by atoms with Crippen molar-refractivity contribution in [2.45, 2.75) is 38.5 Å². The van der Waals surface area contributed by atoms with Crippen LogP contribution in [-0.2, 0) is 10.8 Å². The summed E-state index contributed by atoms with van der Waals surface area (Å²) in [7, 11) is 0. The SMILES string of the molecule is CC1(C)c2ccccc2-n2c3ccccc3c3c4c5c(c1c32)c1ccccc1n5-c1ccccc1C4(C)C. The van der Waals surface area contributed by atoms with E-state index < -0.39 is 0 Å². The van der Waals surface area contributed by atoms with Gasteiger partial charge in [0, 0.05) is 32.4 Å². The van der Waals surface area contributed by atoms with E-state index in [1.165, 1.54) is 77.2 Å². The molecule has 0 fully saturated rings. The number of aromatic nitrogens is 2. The molecule has 9 rings (SSSR count). The molecule has 2 aliphatic rings. The van der Waals surface area contributed by atoms with Gasteiger partial charge in [-0.1, -0.05) is 100 Å². The molecule has 0 aliphatic carbocycles. The van der Waals surface area contributed by atoms with Gasteiger partial charge in [0.1, 0.15) is 0 Å². The Bertz CT molecular complexity index is 2020. The number of hydrogen-bond acceptors (Lipinski definition) is 0. The summed E-state index contributed by atoms with van der Waals surface area (Å²) in [4.78, 5) is 0. The quantitative estimate of drug-likeness (QED) is 0.201. The van der Waals surface area contributed by atoms with E-state index in [0.29, 0.717) is 0 Å². The van der Waals surface area contributed by atoms with E-state index in [4.69, 9.17) is 0 Å². The molecule has 38 heavy (non-hydrogen) atoms. The van der Waals surface area contributed by atoms with Gasteiger partial charge in [-0.25, -0.2) is 0 Å². The second-order valence-electron chi connectivity index (χ2n) is 12.2.